The molecule has 102 valence electrons. The summed E-state index contributed by atoms with van der Waals surface area (Å²) in [4.78, 5) is 13.6. The molecule has 0 fully saturated rings. The van der Waals surface area contributed by atoms with E-state index in [9.17, 15) is 4.79 Å². The predicted octanol–water partition coefficient (Wildman–Crippen LogP) is 1.67. The molecule has 1 heterocycles. The van der Waals surface area contributed by atoms with Gasteiger partial charge in [-0.2, -0.15) is 0 Å². The largest absolute Gasteiger partial charge is 0.438 e. The van der Waals surface area contributed by atoms with Gasteiger partial charge in [-0.25, -0.2) is 4.79 Å². The Kier molecular flexibility index (Phi) is 4.52. The van der Waals surface area contributed by atoms with E-state index in [2.05, 4.69) is 33.7 Å². The lowest BCUT2D eigenvalue weighted by Gasteiger charge is -2.19. The lowest BCUT2D eigenvalue weighted by Crippen LogP contribution is -2.22. The van der Waals surface area contributed by atoms with Crippen molar-refractivity contribution in [1.82, 2.24) is 10.1 Å². The summed E-state index contributed by atoms with van der Waals surface area (Å²) in [5.74, 6) is 0.373. The molecule has 5 heteroatoms. The Balaban J connectivity index is 1.97. The topological polar surface area (TPSA) is 84.9 Å². The van der Waals surface area contributed by atoms with Gasteiger partial charge in [0.1, 0.15) is 0 Å². The van der Waals surface area contributed by atoms with Gasteiger partial charge in [0.05, 0.1) is 0 Å². The van der Waals surface area contributed by atoms with Crippen molar-refractivity contribution in [3.8, 4) is 0 Å². The van der Waals surface area contributed by atoms with Gasteiger partial charge < -0.3 is 5.73 Å². The van der Waals surface area contributed by atoms with E-state index in [1.54, 1.807) is 0 Å². The van der Waals surface area contributed by atoms with Crippen LogP contribution in [-0.2, 0) is 6.42 Å². The quantitative estimate of drug-likeness (QED) is 0.828. The van der Waals surface area contributed by atoms with Crippen LogP contribution in [-0.4, -0.2) is 16.7 Å². The molecular weight excluding hydrogens is 242 g/mol. The zero-order chi connectivity index (χ0) is 13.7. The van der Waals surface area contributed by atoms with E-state index in [0.717, 1.165) is 12.8 Å². The molecule has 2 rings (SSSR count). The number of nitrogens with two attached hydrogens (primary N) is 1. The predicted molar refractivity (Wildman–Crippen MR) is 72.8 cm³/mol. The van der Waals surface area contributed by atoms with E-state index in [4.69, 9.17) is 5.73 Å². The van der Waals surface area contributed by atoms with Gasteiger partial charge >= 0.3 is 5.76 Å². The van der Waals surface area contributed by atoms with E-state index < -0.39 is 5.76 Å². The molecule has 2 aromatic rings. The molecule has 0 spiro atoms. The summed E-state index contributed by atoms with van der Waals surface area (Å²) in [7, 11) is 0. The summed E-state index contributed by atoms with van der Waals surface area (Å²) in [5, 5.41) is 3.74. The summed E-state index contributed by atoms with van der Waals surface area (Å²) in [6.45, 7) is 2.56. The monoisotopic (exact) mass is 261 g/mol. The van der Waals surface area contributed by atoms with Crippen LogP contribution in [0.2, 0.25) is 0 Å². The van der Waals surface area contributed by atoms with Crippen LogP contribution >= 0.6 is 0 Å². The van der Waals surface area contributed by atoms with Crippen LogP contribution < -0.4 is 11.5 Å². The molecule has 0 aliphatic rings. The minimum atomic E-state index is -0.524. The number of nitrogens with one attached hydrogen (secondary N) is 1. The fourth-order valence-corrected chi connectivity index (χ4v) is 2.25. The third kappa shape index (κ3) is 3.54. The van der Waals surface area contributed by atoms with Gasteiger partial charge in [-0.15, -0.1) is 0 Å². The summed E-state index contributed by atoms with van der Waals surface area (Å²) < 4.78 is 4.54. The lowest BCUT2D eigenvalue weighted by molar-refractivity contribution is 0.359. The number of aromatic nitrogens is 2. The number of benzene rings is 1. The average molecular weight is 261 g/mol. The van der Waals surface area contributed by atoms with Gasteiger partial charge in [-0.05, 0) is 24.3 Å². The first-order valence-corrected chi connectivity index (χ1v) is 6.50. The molecule has 0 radical (unpaired) electrons. The fourth-order valence-electron chi connectivity index (χ4n) is 2.25. The molecule has 0 saturated carbocycles. The minimum Gasteiger partial charge on any atom is -0.330 e. The highest BCUT2D eigenvalue weighted by Gasteiger charge is 2.21. The van der Waals surface area contributed by atoms with Crippen LogP contribution in [0.4, 0.5) is 0 Å². The van der Waals surface area contributed by atoms with Gasteiger partial charge in [-0.1, -0.05) is 42.4 Å². The van der Waals surface area contributed by atoms with Crippen molar-refractivity contribution < 1.29 is 4.52 Å². The van der Waals surface area contributed by atoms with Gasteiger partial charge in [0, 0.05) is 12.5 Å². The van der Waals surface area contributed by atoms with Crippen LogP contribution in [0.1, 0.15) is 30.7 Å². The Hall–Kier alpha value is -1.88. The van der Waals surface area contributed by atoms with Crippen molar-refractivity contribution in [3.05, 3.63) is 52.3 Å². The number of rotatable bonds is 6. The highest BCUT2D eigenvalue weighted by Crippen LogP contribution is 2.24. The molecule has 0 bridgehead atoms. The zero-order valence-electron chi connectivity index (χ0n) is 11.0. The van der Waals surface area contributed by atoms with Gasteiger partial charge in [0.25, 0.3) is 0 Å². The van der Waals surface area contributed by atoms with Crippen molar-refractivity contribution in [2.75, 3.05) is 6.54 Å². The second-order valence-electron chi connectivity index (χ2n) is 4.82. The van der Waals surface area contributed by atoms with E-state index in [-0.39, 0.29) is 5.92 Å². The molecule has 0 saturated heterocycles. The van der Waals surface area contributed by atoms with Gasteiger partial charge in [0.2, 0.25) is 0 Å². The van der Waals surface area contributed by atoms with Crippen molar-refractivity contribution in [3.63, 3.8) is 0 Å². The Labute approximate surface area is 111 Å². The molecular formula is C14H19N3O2. The summed E-state index contributed by atoms with van der Waals surface area (Å²) in [5.41, 5.74) is 7.08. The number of nitrogens with zero attached hydrogens (tertiary/aromatic N) is 1. The summed E-state index contributed by atoms with van der Waals surface area (Å²) >= 11 is 0. The highest BCUT2D eigenvalue weighted by atomic mass is 16.5. The minimum absolute atomic E-state index is 0.0233. The second kappa shape index (κ2) is 6.33. The van der Waals surface area contributed by atoms with Gasteiger partial charge in [-0.3, -0.25) is 9.51 Å². The first-order chi connectivity index (χ1) is 9.20. The van der Waals surface area contributed by atoms with E-state index in [0.29, 0.717) is 18.3 Å². The maximum Gasteiger partial charge on any atom is 0.438 e. The third-order valence-corrected chi connectivity index (χ3v) is 3.48. The number of hydrogen-bond acceptors (Lipinski definition) is 4. The maximum absolute atomic E-state index is 11.0. The molecule has 5 nitrogen and oxygen atoms in total. The summed E-state index contributed by atoms with van der Waals surface area (Å²) in [6.07, 6.45) is 1.97. The van der Waals surface area contributed by atoms with Crippen molar-refractivity contribution >= 4 is 0 Å². The second-order valence-corrected chi connectivity index (χ2v) is 4.82. The molecule has 0 amide bonds. The lowest BCUT2D eigenvalue weighted by atomic mass is 9.88. The normalized spacial score (nSPS) is 14.2. The summed E-state index contributed by atoms with van der Waals surface area (Å²) in [6, 6.07) is 10.3. The third-order valence-electron chi connectivity index (χ3n) is 3.48. The van der Waals surface area contributed by atoms with Gasteiger partial charge in [0.15, 0.2) is 5.82 Å². The molecule has 19 heavy (non-hydrogen) atoms. The van der Waals surface area contributed by atoms with Crippen LogP contribution in [0, 0.1) is 5.92 Å². The molecule has 1 aromatic heterocycles. The number of aromatic amines is 1. The van der Waals surface area contributed by atoms with Crippen molar-refractivity contribution in [1.29, 1.82) is 0 Å². The standard InChI is InChI=1S/C14H19N3O2/c1-10(7-8-11-5-3-2-4-6-11)12(9-15)13-16-14(18)19-17-13/h2-6,10,12H,7-9,15H2,1H3,(H,16,17,18). The zero-order valence-corrected chi connectivity index (χ0v) is 11.0. The average Bonchev–Trinajstić information content (AvgIpc) is 2.85. The first-order valence-electron chi connectivity index (χ1n) is 6.50. The maximum atomic E-state index is 11.0. The van der Waals surface area contributed by atoms with Crippen LogP contribution in [0.25, 0.3) is 0 Å². The number of hydrogen-bond donors (Lipinski definition) is 2. The van der Waals surface area contributed by atoms with Crippen LogP contribution in [0.5, 0.6) is 0 Å². The van der Waals surface area contributed by atoms with Crippen LogP contribution in [0.3, 0.4) is 0 Å². The first kappa shape index (κ1) is 13.5. The molecule has 0 aliphatic heterocycles. The Bertz CT molecular complexity index is 547. The highest BCUT2D eigenvalue weighted by molar-refractivity contribution is 5.14. The van der Waals surface area contributed by atoms with Crippen molar-refractivity contribution in [2.24, 2.45) is 11.7 Å². The smallest absolute Gasteiger partial charge is 0.330 e. The number of aryl methyl sites for hydroxylation is 1. The molecule has 3 N–H and O–H groups in total. The Morgan fingerprint density at radius 3 is 2.68 bits per heavy atom. The SMILES string of the molecule is CC(CCc1ccccc1)C(CN)c1noc(=O)[nH]1. The molecule has 0 aliphatic carbocycles. The molecule has 1 aromatic carbocycles. The van der Waals surface area contributed by atoms with Crippen molar-refractivity contribution in [2.45, 2.75) is 25.7 Å². The van der Waals surface area contributed by atoms with E-state index in [1.807, 2.05) is 18.2 Å². The number of H-pyrrole nitrogens is 1. The fraction of sp³-hybridized carbons (Fsp3) is 0.429. The molecule has 2 unspecified atom stereocenters. The Morgan fingerprint density at radius 1 is 1.37 bits per heavy atom. The Morgan fingerprint density at radius 2 is 2.11 bits per heavy atom. The van der Waals surface area contributed by atoms with E-state index in [1.165, 1.54) is 5.56 Å². The van der Waals surface area contributed by atoms with E-state index >= 15 is 0 Å². The molecule has 2 atom stereocenters. The van der Waals surface area contributed by atoms with Crippen LogP contribution in [0.15, 0.2) is 39.6 Å².